The molecule has 18 heavy (non-hydrogen) atoms. The smallest absolute Gasteiger partial charge is 0.185 e. The Kier molecular flexibility index (Phi) is 3.61. The highest BCUT2D eigenvalue weighted by atomic mass is 79.9. The molecule has 2 aromatic rings. The zero-order chi connectivity index (χ0) is 13.3. The van der Waals surface area contributed by atoms with Gasteiger partial charge in [-0.05, 0) is 36.8 Å². The Balaban J connectivity index is 2.26. The van der Waals surface area contributed by atoms with Crippen LogP contribution in [0.25, 0.3) is 0 Å². The zero-order valence-electron chi connectivity index (χ0n) is 10.1. The maximum absolute atomic E-state index is 13.1. The molecular weight excluding hydrogens is 299 g/mol. The maximum atomic E-state index is 13.1. The van der Waals surface area contributed by atoms with E-state index in [2.05, 4.69) is 21.0 Å². The van der Waals surface area contributed by atoms with Gasteiger partial charge in [-0.2, -0.15) is 5.10 Å². The maximum Gasteiger partial charge on any atom is 0.185 e. The fraction of sp³-hybridized carbons (Fsp3) is 0.231. The molecule has 3 nitrogen and oxygen atoms in total. The minimum atomic E-state index is -0.345. The molecule has 0 saturated carbocycles. The van der Waals surface area contributed by atoms with E-state index in [0.717, 1.165) is 10.2 Å². The van der Waals surface area contributed by atoms with Crippen LogP contribution in [0.15, 0.2) is 28.7 Å². The van der Waals surface area contributed by atoms with Gasteiger partial charge in [-0.25, -0.2) is 4.39 Å². The molecular formula is C13H12BrFN2O. The summed E-state index contributed by atoms with van der Waals surface area (Å²) in [5.41, 5.74) is 1.96. The lowest BCUT2D eigenvalue weighted by atomic mass is 10.1. The normalized spacial score (nSPS) is 10.7. The average molecular weight is 311 g/mol. The summed E-state index contributed by atoms with van der Waals surface area (Å²) in [5, 5.41) is 4.12. The molecule has 0 bridgehead atoms. The monoisotopic (exact) mass is 310 g/mol. The van der Waals surface area contributed by atoms with Gasteiger partial charge in [-0.1, -0.05) is 15.9 Å². The second kappa shape index (κ2) is 5.02. The molecule has 0 aliphatic rings. The predicted octanol–water partition coefficient (Wildman–Crippen LogP) is 3.06. The zero-order valence-corrected chi connectivity index (χ0v) is 11.7. The summed E-state index contributed by atoms with van der Waals surface area (Å²) in [6.07, 6.45) is 0.150. The Morgan fingerprint density at radius 3 is 2.78 bits per heavy atom. The van der Waals surface area contributed by atoms with E-state index in [0.29, 0.717) is 11.3 Å². The minimum Gasteiger partial charge on any atom is -0.292 e. The number of halogens is 2. The number of hydrogen-bond donors (Lipinski definition) is 0. The van der Waals surface area contributed by atoms with Crippen LogP contribution >= 0.6 is 15.9 Å². The van der Waals surface area contributed by atoms with Crippen molar-refractivity contribution in [2.45, 2.75) is 13.3 Å². The summed E-state index contributed by atoms with van der Waals surface area (Å²) in [4.78, 5) is 12.1. The number of aromatic nitrogens is 2. The van der Waals surface area contributed by atoms with Gasteiger partial charge >= 0.3 is 0 Å². The molecule has 5 heteroatoms. The van der Waals surface area contributed by atoms with Gasteiger partial charge in [0.05, 0.1) is 5.69 Å². The number of aryl methyl sites for hydroxylation is 2. The molecule has 1 heterocycles. The number of Topliss-reactive ketones (excluding diaryl/α,β-unsaturated/α-hetero) is 1. The molecule has 0 amide bonds. The van der Waals surface area contributed by atoms with Gasteiger partial charge < -0.3 is 0 Å². The van der Waals surface area contributed by atoms with Gasteiger partial charge in [0.1, 0.15) is 11.5 Å². The van der Waals surface area contributed by atoms with Crippen molar-refractivity contribution >= 4 is 21.7 Å². The highest BCUT2D eigenvalue weighted by Crippen LogP contribution is 2.20. The third kappa shape index (κ3) is 2.67. The lowest BCUT2D eigenvalue weighted by Gasteiger charge is -2.04. The number of rotatable bonds is 3. The fourth-order valence-electron chi connectivity index (χ4n) is 1.81. The average Bonchev–Trinajstić information content (AvgIpc) is 2.63. The first-order chi connectivity index (χ1) is 8.47. The molecule has 0 saturated heterocycles. The van der Waals surface area contributed by atoms with Crippen LogP contribution in [0.5, 0.6) is 0 Å². The first-order valence-electron chi connectivity index (χ1n) is 5.45. The molecule has 0 N–H and O–H groups in total. The fourth-order valence-corrected chi connectivity index (χ4v) is 2.20. The molecule has 0 fully saturated rings. The molecule has 94 valence electrons. The van der Waals surface area contributed by atoms with E-state index < -0.39 is 0 Å². The number of ketones is 1. The molecule has 2 rings (SSSR count). The van der Waals surface area contributed by atoms with Gasteiger partial charge in [0.25, 0.3) is 0 Å². The summed E-state index contributed by atoms with van der Waals surface area (Å²) < 4.78 is 15.4. The van der Waals surface area contributed by atoms with Crippen LogP contribution in [-0.4, -0.2) is 15.6 Å². The SMILES string of the molecule is Cc1cc(C(=O)Cc2cc(F)ccc2Br)n(C)n1. The van der Waals surface area contributed by atoms with Crippen molar-refractivity contribution < 1.29 is 9.18 Å². The van der Waals surface area contributed by atoms with Crippen molar-refractivity contribution in [3.05, 3.63) is 51.5 Å². The highest BCUT2D eigenvalue weighted by molar-refractivity contribution is 9.10. The number of carbonyl (C=O) groups excluding carboxylic acids is 1. The van der Waals surface area contributed by atoms with Gasteiger partial charge in [0.15, 0.2) is 5.78 Å². The minimum absolute atomic E-state index is 0.0793. The van der Waals surface area contributed by atoms with Crippen LogP contribution in [0.3, 0.4) is 0 Å². The Morgan fingerprint density at radius 1 is 1.44 bits per heavy atom. The van der Waals surface area contributed by atoms with E-state index in [4.69, 9.17) is 0 Å². The van der Waals surface area contributed by atoms with Crippen molar-refractivity contribution in [3.63, 3.8) is 0 Å². The Labute approximate surface area is 113 Å². The third-order valence-corrected chi connectivity index (χ3v) is 3.42. The summed E-state index contributed by atoms with van der Waals surface area (Å²) in [5.74, 6) is -0.424. The second-order valence-electron chi connectivity index (χ2n) is 4.13. The van der Waals surface area contributed by atoms with Crippen molar-refractivity contribution in [1.29, 1.82) is 0 Å². The highest BCUT2D eigenvalue weighted by Gasteiger charge is 2.14. The van der Waals surface area contributed by atoms with Gasteiger partial charge in [0.2, 0.25) is 0 Å². The van der Waals surface area contributed by atoms with Crippen LogP contribution < -0.4 is 0 Å². The summed E-state index contributed by atoms with van der Waals surface area (Å²) in [7, 11) is 1.72. The topological polar surface area (TPSA) is 34.9 Å². The number of hydrogen-bond acceptors (Lipinski definition) is 2. The Hall–Kier alpha value is -1.49. The van der Waals surface area contributed by atoms with Gasteiger partial charge in [0, 0.05) is 17.9 Å². The first kappa shape index (κ1) is 13.0. The molecule has 0 aliphatic heterocycles. The molecule has 1 aromatic heterocycles. The quantitative estimate of drug-likeness (QED) is 0.817. The third-order valence-electron chi connectivity index (χ3n) is 2.65. The first-order valence-corrected chi connectivity index (χ1v) is 6.24. The number of benzene rings is 1. The van der Waals surface area contributed by atoms with Crippen LogP contribution in [0.4, 0.5) is 4.39 Å². The molecule has 0 radical (unpaired) electrons. The predicted molar refractivity (Wildman–Crippen MR) is 70.1 cm³/mol. The standard InChI is InChI=1S/C13H12BrFN2O/c1-8-5-12(17(2)16-8)13(18)7-9-6-10(15)3-4-11(9)14/h3-6H,7H2,1-2H3. The lowest BCUT2D eigenvalue weighted by molar-refractivity contribution is 0.0984. The molecule has 0 atom stereocenters. The van der Waals surface area contributed by atoms with E-state index >= 15 is 0 Å². The van der Waals surface area contributed by atoms with Crippen molar-refractivity contribution in [3.8, 4) is 0 Å². The van der Waals surface area contributed by atoms with E-state index in [1.807, 2.05) is 6.92 Å². The summed E-state index contributed by atoms with van der Waals surface area (Å²) >= 11 is 3.31. The molecule has 0 aliphatic carbocycles. The largest absolute Gasteiger partial charge is 0.292 e. The van der Waals surface area contributed by atoms with Crippen molar-refractivity contribution in [2.75, 3.05) is 0 Å². The van der Waals surface area contributed by atoms with Crippen molar-refractivity contribution in [1.82, 2.24) is 9.78 Å². The van der Waals surface area contributed by atoms with E-state index in [1.165, 1.54) is 12.1 Å². The van der Waals surface area contributed by atoms with E-state index in [-0.39, 0.29) is 18.0 Å². The Bertz CT molecular complexity index is 607. The van der Waals surface area contributed by atoms with Crippen LogP contribution in [0, 0.1) is 12.7 Å². The molecule has 0 spiro atoms. The lowest BCUT2D eigenvalue weighted by Crippen LogP contribution is -2.10. The second-order valence-corrected chi connectivity index (χ2v) is 4.98. The molecule has 1 aromatic carbocycles. The van der Waals surface area contributed by atoms with Gasteiger partial charge in [-0.3, -0.25) is 9.48 Å². The van der Waals surface area contributed by atoms with Crippen molar-refractivity contribution in [2.24, 2.45) is 7.05 Å². The van der Waals surface area contributed by atoms with Crippen LogP contribution in [-0.2, 0) is 13.5 Å². The van der Waals surface area contributed by atoms with E-state index in [9.17, 15) is 9.18 Å². The van der Waals surface area contributed by atoms with Gasteiger partial charge in [-0.15, -0.1) is 0 Å². The summed E-state index contributed by atoms with van der Waals surface area (Å²) in [6.45, 7) is 1.83. The van der Waals surface area contributed by atoms with E-state index in [1.54, 1.807) is 23.9 Å². The Morgan fingerprint density at radius 2 is 2.17 bits per heavy atom. The number of carbonyl (C=O) groups is 1. The summed E-state index contributed by atoms with van der Waals surface area (Å²) in [6, 6.07) is 6.06. The van der Waals surface area contributed by atoms with Crippen LogP contribution in [0.1, 0.15) is 21.7 Å². The molecule has 0 unspecified atom stereocenters. The number of nitrogens with zero attached hydrogens (tertiary/aromatic N) is 2. The van der Waals surface area contributed by atoms with Crippen LogP contribution in [0.2, 0.25) is 0 Å².